The van der Waals surface area contributed by atoms with Crippen molar-refractivity contribution in [2.75, 3.05) is 19.0 Å². The van der Waals surface area contributed by atoms with Crippen molar-refractivity contribution in [1.82, 2.24) is 0 Å². The number of halogens is 1. The molecular weight excluding hydrogens is 243 g/mol. The van der Waals surface area contributed by atoms with Gasteiger partial charge < -0.3 is 20.9 Å². The quantitative estimate of drug-likeness (QED) is 0.709. The summed E-state index contributed by atoms with van der Waals surface area (Å²) < 4.78 is 17.8. The molecule has 0 bridgehead atoms. The average molecular weight is 256 g/mol. The van der Waals surface area contributed by atoms with E-state index in [-0.39, 0.29) is 12.3 Å². The zero-order valence-corrected chi connectivity index (χ0v) is 9.64. The Balaban J connectivity index is 2.82. The smallest absolute Gasteiger partial charge is 0.338 e. The Morgan fingerprint density at radius 1 is 1.56 bits per heavy atom. The van der Waals surface area contributed by atoms with E-state index in [1.807, 2.05) is 0 Å². The second-order valence-corrected chi connectivity index (χ2v) is 3.55. The highest BCUT2D eigenvalue weighted by molar-refractivity contribution is 5.96. The van der Waals surface area contributed by atoms with Crippen LogP contribution in [0.15, 0.2) is 18.2 Å². The lowest BCUT2D eigenvalue weighted by atomic mass is 10.2. The number of aromatic carboxylic acids is 1. The molecule has 0 saturated carbocycles. The van der Waals surface area contributed by atoms with Crippen molar-refractivity contribution in [2.24, 2.45) is 5.73 Å². The summed E-state index contributed by atoms with van der Waals surface area (Å²) in [7, 11) is 1.40. The van der Waals surface area contributed by atoms with Crippen LogP contribution < -0.4 is 11.1 Å². The topological polar surface area (TPSA) is 102 Å². The first-order chi connectivity index (χ1) is 8.45. The van der Waals surface area contributed by atoms with Gasteiger partial charge in [-0.2, -0.15) is 0 Å². The van der Waals surface area contributed by atoms with Gasteiger partial charge in [0.05, 0.1) is 12.2 Å². The molecule has 1 amide bonds. The fraction of sp³-hybridized carbons (Fsp3) is 0.273. The molecule has 1 unspecified atom stereocenters. The molecule has 1 rings (SSSR count). The van der Waals surface area contributed by atoms with Crippen LogP contribution in [0.25, 0.3) is 0 Å². The van der Waals surface area contributed by atoms with Crippen molar-refractivity contribution in [3.8, 4) is 0 Å². The lowest BCUT2D eigenvalue weighted by Gasteiger charge is -2.11. The van der Waals surface area contributed by atoms with E-state index in [0.29, 0.717) is 0 Å². The van der Waals surface area contributed by atoms with Crippen LogP contribution in [0.5, 0.6) is 0 Å². The number of carbonyl (C=O) groups excluding carboxylic acids is 1. The first-order valence-electron chi connectivity index (χ1n) is 5.04. The van der Waals surface area contributed by atoms with Gasteiger partial charge in [-0.15, -0.1) is 0 Å². The summed E-state index contributed by atoms with van der Waals surface area (Å²) in [5.41, 5.74) is 5.11. The van der Waals surface area contributed by atoms with Gasteiger partial charge in [0.15, 0.2) is 0 Å². The van der Waals surface area contributed by atoms with Gasteiger partial charge in [-0.3, -0.25) is 4.79 Å². The third-order valence-corrected chi connectivity index (χ3v) is 2.15. The number of nitrogens with one attached hydrogen (secondary N) is 1. The number of rotatable bonds is 5. The Hall–Kier alpha value is -1.99. The van der Waals surface area contributed by atoms with Crippen LogP contribution in [0.2, 0.25) is 0 Å². The Labute approximate surface area is 103 Å². The van der Waals surface area contributed by atoms with Crippen molar-refractivity contribution in [3.05, 3.63) is 29.6 Å². The van der Waals surface area contributed by atoms with Crippen LogP contribution in [0.3, 0.4) is 0 Å². The minimum absolute atomic E-state index is 0.0266. The molecule has 98 valence electrons. The predicted molar refractivity (Wildman–Crippen MR) is 61.8 cm³/mol. The van der Waals surface area contributed by atoms with Gasteiger partial charge in [0, 0.05) is 12.8 Å². The second-order valence-electron chi connectivity index (χ2n) is 3.55. The summed E-state index contributed by atoms with van der Waals surface area (Å²) in [5, 5.41) is 11.1. The Kier molecular flexibility index (Phi) is 4.75. The summed E-state index contributed by atoms with van der Waals surface area (Å²) in [5.74, 6) is -2.83. The number of carboxylic acid groups (broad SMARTS) is 1. The third-order valence-electron chi connectivity index (χ3n) is 2.15. The molecule has 0 aliphatic heterocycles. The van der Waals surface area contributed by atoms with Crippen LogP contribution in [0.4, 0.5) is 10.1 Å². The van der Waals surface area contributed by atoms with Crippen LogP contribution in [0.1, 0.15) is 10.4 Å². The molecule has 1 aromatic rings. The monoisotopic (exact) mass is 256 g/mol. The molecule has 0 aliphatic rings. The average Bonchev–Trinajstić information content (AvgIpc) is 2.31. The van der Waals surface area contributed by atoms with E-state index < -0.39 is 29.3 Å². The number of nitrogens with two attached hydrogens (primary N) is 1. The van der Waals surface area contributed by atoms with Gasteiger partial charge >= 0.3 is 5.97 Å². The van der Waals surface area contributed by atoms with Crippen molar-refractivity contribution in [3.63, 3.8) is 0 Å². The summed E-state index contributed by atoms with van der Waals surface area (Å²) in [6.45, 7) is 0.0266. The number of carbonyl (C=O) groups is 2. The Morgan fingerprint density at radius 3 is 2.78 bits per heavy atom. The van der Waals surface area contributed by atoms with Crippen LogP contribution in [-0.4, -0.2) is 36.7 Å². The Morgan fingerprint density at radius 2 is 2.22 bits per heavy atom. The third kappa shape index (κ3) is 3.51. The van der Waals surface area contributed by atoms with Gasteiger partial charge in [-0.05, 0) is 18.2 Å². The fourth-order valence-corrected chi connectivity index (χ4v) is 1.26. The first-order valence-corrected chi connectivity index (χ1v) is 5.04. The summed E-state index contributed by atoms with van der Waals surface area (Å²) >= 11 is 0. The summed E-state index contributed by atoms with van der Waals surface area (Å²) in [4.78, 5) is 22.2. The minimum atomic E-state index is -1.41. The molecule has 1 aromatic carbocycles. The second kappa shape index (κ2) is 6.08. The van der Waals surface area contributed by atoms with Gasteiger partial charge in [0.2, 0.25) is 5.91 Å². The lowest BCUT2D eigenvalue weighted by Crippen LogP contribution is -2.39. The maximum atomic E-state index is 13.1. The molecule has 0 spiro atoms. The fourth-order valence-electron chi connectivity index (χ4n) is 1.26. The Bertz CT molecular complexity index is 464. The number of benzene rings is 1. The number of methoxy groups -OCH3 is 1. The predicted octanol–water partition coefficient (Wildman–Crippen LogP) is 0.436. The maximum absolute atomic E-state index is 13.1. The van der Waals surface area contributed by atoms with Gasteiger partial charge in [-0.25, -0.2) is 9.18 Å². The van der Waals surface area contributed by atoms with E-state index in [2.05, 4.69) is 5.32 Å². The van der Waals surface area contributed by atoms with Crippen LogP contribution in [0, 0.1) is 5.82 Å². The van der Waals surface area contributed by atoms with E-state index in [1.165, 1.54) is 13.2 Å². The lowest BCUT2D eigenvalue weighted by molar-refractivity contribution is -0.118. The summed E-state index contributed by atoms with van der Waals surface area (Å²) in [6.07, 6.45) is 0. The first kappa shape index (κ1) is 14.1. The number of carboxylic acids is 1. The van der Waals surface area contributed by atoms with E-state index >= 15 is 0 Å². The van der Waals surface area contributed by atoms with Gasteiger partial charge in [-0.1, -0.05) is 0 Å². The molecule has 6 nitrogen and oxygen atoms in total. The molecule has 18 heavy (non-hydrogen) atoms. The number of hydrogen-bond donors (Lipinski definition) is 3. The number of anilines is 1. The molecule has 0 radical (unpaired) electrons. The van der Waals surface area contributed by atoms with E-state index in [0.717, 1.165) is 12.1 Å². The summed E-state index contributed by atoms with van der Waals surface area (Å²) in [6, 6.07) is 2.35. The van der Waals surface area contributed by atoms with Crippen molar-refractivity contribution in [2.45, 2.75) is 6.04 Å². The molecule has 0 saturated heterocycles. The van der Waals surface area contributed by atoms with Crippen molar-refractivity contribution < 1.29 is 23.8 Å². The largest absolute Gasteiger partial charge is 0.478 e. The zero-order chi connectivity index (χ0) is 13.7. The zero-order valence-electron chi connectivity index (χ0n) is 9.64. The van der Waals surface area contributed by atoms with E-state index in [4.69, 9.17) is 15.6 Å². The van der Waals surface area contributed by atoms with Crippen molar-refractivity contribution in [1.29, 1.82) is 0 Å². The van der Waals surface area contributed by atoms with Gasteiger partial charge in [0.1, 0.15) is 11.9 Å². The van der Waals surface area contributed by atoms with Crippen molar-refractivity contribution >= 4 is 17.6 Å². The SMILES string of the molecule is COCC(N)C(=O)Nc1ccc(F)c(C(=O)O)c1. The molecule has 0 fully saturated rings. The minimum Gasteiger partial charge on any atom is -0.478 e. The van der Waals surface area contributed by atoms with E-state index in [1.54, 1.807) is 0 Å². The number of amides is 1. The normalized spacial score (nSPS) is 11.9. The molecular formula is C11H13FN2O4. The standard InChI is InChI=1S/C11H13FN2O4/c1-18-5-9(13)10(15)14-6-2-3-8(12)7(4-6)11(16)17/h2-4,9H,5,13H2,1H3,(H,14,15)(H,16,17). The highest BCUT2D eigenvalue weighted by Gasteiger charge is 2.15. The molecule has 4 N–H and O–H groups in total. The highest BCUT2D eigenvalue weighted by Crippen LogP contribution is 2.15. The molecule has 0 aliphatic carbocycles. The van der Waals surface area contributed by atoms with Gasteiger partial charge in [0.25, 0.3) is 0 Å². The molecule has 1 atom stereocenters. The molecule has 7 heteroatoms. The van der Waals surface area contributed by atoms with E-state index in [9.17, 15) is 14.0 Å². The van der Waals surface area contributed by atoms with Crippen LogP contribution in [-0.2, 0) is 9.53 Å². The van der Waals surface area contributed by atoms with Crippen LogP contribution >= 0.6 is 0 Å². The number of hydrogen-bond acceptors (Lipinski definition) is 4. The maximum Gasteiger partial charge on any atom is 0.338 e. The highest BCUT2D eigenvalue weighted by atomic mass is 19.1. The molecule has 0 aromatic heterocycles. The molecule has 0 heterocycles. The number of ether oxygens (including phenoxy) is 1.